The third-order valence-electron chi connectivity index (χ3n) is 4.57. The second kappa shape index (κ2) is 5.19. The molecule has 20 heavy (non-hydrogen) atoms. The minimum Gasteiger partial charge on any atom is -0.398 e. The molecule has 0 bridgehead atoms. The number of hydrogen-bond acceptors (Lipinski definition) is 4. The Hall–Kier alpha value is -1.39. The Morgan fingerprint density at radius 1 is 1.40 bits per heavy atom. The fraction of sp³-hybridized carbons (Fsp3) is 0.562. The zero-order valence-electron chi connectivity index (χ0n) is 11.9. The summed E-state index contributed by atoms with van der Waals surface area (Å²) in [4.78, 5) is 12.8. The summed E-state index contributed by atoms with van der Waals surface area (Å²) in [5, 5.41) is 0. The summed E-state index contributed by atoms with van der Waals surface area (Å²) in [6.07, 6.45) is 2.45. The van der Waals surface area contributed by atoms with E-state index < -0.39 is 0 Å². The number of nitrogen functional groups attached to an aromatic ring is 1. The van der Waals surface area contributed by atoms with Crippen LogP contribution in [0.3, 0.4) is 0 Å². The fourth-order valence-electron chi connectivity index (χ4n) is 3.26. The highest BCUT2D eigenvalue weighted by atomic mass is 16.6. The Kier molecular flexibility index (Phi) is 3.52. The fourth-order valence-corrected chi connectivity index (χ4v) is 3.26. The number of hydrogen-bond donors (Lipinski definition) is 1. The van der Waals surface area contributed by atoms with E-state index in [0.29, 0.717) is 18.9 Å². The lowest BCUT2D eigenvalue weighted by molar-refractivity contribution is -0.0920. The van der Waals surface area contributed by atoms with Gasteiger partial charge in [-0.25, -0.2) is 0 Å². The van der Waals surface area contributed by atoms with Gasteiger partial charge in [0.1, 0.15) is 0 Å². The summed E-state index contributed by atoms with van der Waals surface area (Å²) < 4.78 is 11.4. The van der Waals surface area contributed by atoms with Crippen molar-refractivity contribution in [1.29, 1.82) is 0 Å². The molecule has 4 nitrogen and oxygen atoms in total. The molecule has 2 aliphatic rings. The van der Waals surface area contributed by atoms with Crippen LogP contribution in [0.5, 0.6) is 0 Å². The SMILES string of the molecule is Cc1c(N)cccc1C(=O)C1CCOC2(CCOC2)C1. The zero-order chi connectivity index (χ0) is 14.2. The lowest BCUT2D eigenvalue weighted by Crippen LogP contribution is -2.42. The average molecular weight is 275 g/mol. The van der Waals surface area contributed by atoms with E-state index in [4.69, 9.17) is 15.2 Å². The Morgan fingerprint density at radius 2 is 2.25 bits per heavy atom. The summed E-state index contributed by atoms with van der Waals surface area (Å²) in [6, 6.07) is 5.56. The Morgan fingerprint density at radius 3 is 3.00 bits per heavy atom. The van der Waals surface area contributed by atoms with Gasteiger partial charge in [0, 0.05) is 36.8 Å². The molecule has 2 heterocycles. The van der Waals surface area contributed by atoms with E-state index in [1.165, 1.54) is 0 Å². The van der Waals surface area contributed by atoms with Gasteiger partial charge in [-0.1, -0.05) is 12.1 Å². The lowest BCUT2D eigenvalue weighted by Gasteiger charge is -2.36. The molecule has 4 heteroatoms. The maximum absolute atomic E-state index is 12.8. The number of nitrogens with two attached hydrogens (primary N) is 1. The maximum Gasteiger partial charge on any atom is 0.166 e. The summed E-state index contributed by atoms with van der Waals surface area (Å²) >= 11 is 0. The van der Waals surface area contributed by atoms with Gasteiger partial charge < -0.3 is 15.2 Å². The van der Waals surface area contributed by atoms with Crippen molar-refractivity contribution in [2.75, 3.05) is 25.6 Å². The molecule has 2 aliphatic heterocycles. The van der Waals surface area contributed by atoms with Crippen molar-refractivity contribution in [3.63, 3.8) is 0 Å². The van der Waals surface area contributed by atoms with Crippen LogP contribution in [0.25, 0.3) is 0 Å². The number of anilines is 1. The molecule has 3 rings (SSSR count). The topological polar surface area (TPSA) is 61.6 Å². The van der Waals surface area contributed by atoms with E-state index in [-0.39, 0.29) is 17.3 Å². The van der Waals surface area contributed by atoms with Crippen molar-refractivity contribution < 1.29 is 14.3 Å². The first-order chi connectivity index (χ1) is 9.61. The van der Waals surface area contributed by atoms with Crippen molar-refractivity contribution in [1.82, 2.24) is 0 Å². The summed E-state index contributed by atoms with van der Waals surface area (Å²) in [5.74, 6) is 0.218. The van der Waals surface area contributed by atoms with Gasteiger partial charge in [0.25, 0.3) is 0 Å². The molecule has 0 aliphatic carbocycles. The lowest BCUT2D eigenvalue weighted by atomic mass is 9.80. The molecule has 2 saturated heterocycles. The third-order valence-corrected chi connectivity index (χ3v) is 4.57. The van der Waals surface area contributed by atoms with Crippen LogP contribution in [0.15, 0.2) is 18.2 Å². The van der Waals surface area contributed by atoms with Crippen LogP contribution in [0.1, 0.15) is 35.2 Å². The van der Waals surface area contributed by atoms with Gasteiger partial charge in [-0.3, -0.25) is 4.79 Å². The van der Waals surface area contributed by atoms with Crippen molar-refractivity contribution in [3.05, 3.63) is 29.3 Å². The van der Waals surface area contributed by atoms with Crippen molar-refractivity contribution in [3.8, 4) is 0 Å². The molecule has 0 aromatic heterocycles. The van der Waals surface area contributed by atoms with Gasteiger partial charge >= 0.3 is 0 Å². The zero-order valence-corrected chi connectivity index (χ0v) is 11.9. The van der Waals surface area contributed by atoms with Gasteiger partial charge in [0.2, 0.25) is 0 Å². The van der Waals surface area contributed by atoms with Crippen LogP contribution < -0.4 is 5.73 Å². The molecule has 1 aromatic rings. The molecule has 2 unspecified atom stereocenters. The summed E-state index contributed by atoms with van der Waals surface area (Å²) in [7, 11) is 0. The van der Waals surface area contributed by atoms with E-state index in [9.17, 15) is 4.79 Å². The van der Waals surface area contributed by atoms with E-state index in [2.05, 4.69) is 0 Å². The molecule has 2 fully saturated rings. The molecule has 0 saturated carbocycles. The van der Waals surface area contributed by atoms with Crippen molar-refractivity contribution in [2.24, 2.45) is 5.92 Å². The number of carbonyl (C=O) groups is 1. The van der Waals surface area contributed by atoms with Crippen LogP contribution >= 0.6 is 0 Å². The molecule has 2 N–H and O–H groups in total. The van der Waals surface area contributed by atoms with Gasteiger partial charge in [-0.05, 0) is 31.4 Å². The van der Waals surface area contributed by atoms with Crippen LogP contribution in [-0.4, -0.2) is 31.2 Å². The normalized spacial score (nSPS) is 29.8. The largest absolute Gasteiger partial charge is 0.398 e. The first kappa shape index (κ1) is 13.6. The second-order valence-corrected chi connectivity index (χ2v) is 5.91. The third kappa shape index (κ3) is 2.34. The Labute approximate surface area is 119 Å². The minimum absolute atomic E-state index is 0.0194. The van der Waals surface area contributed by atoms with Gasteiger partial charge in [0.15, 0.2) is 5.78 Å². The predicted molar refractivity (Wildman–Crippen MR) is 76.8 cm³/mol. The number of rotatable bonds is 2. The highest BCUT2D eigenvalue weighted by Crippen LogP contribution is 2.37. The number of ketones is 1. The smallest absolute Gasteiger partial charge is 0.166 e. The number of Topliss-reactive ketones (excluding diaryl/α,β-unsaturated/α-hetero) is 1. The molecule has 108 valence electrons. The van der Waals surface area contributed by atoms with E-state index >= 15 is 0 Å². The monoisotopic (exact) mass is 275 g/mol. The number of carbonyl (C=O) groups excluding carboxylic acids is 1. The minimum atomic E-state index is -0.229. The van der Waals surface area contributed by atoms with Crippen LogP contribution in [-0.2, 0) is 9.47 Å². The molecular weight excluding hydrogens is 254 g/mol. The molecule has 1 spiro atoms. The Bertz CT molecular complexity index is 520. The first-order valence-corrected chi connectivity index (χ1v) is 7.22. The van der Waals surface area contributed by atoms with Gasteiger partial charge in [-0.2, -0.15) is 0 Å². The molecule has 0 amide bonds. The van der Waals surface area contributed by atoms with E-state index in [1.54, 1.807) is 0 Å². The predicted octanol–water partition coefficient (Wildman–Crippen LogP) is 2.35. The van der Waals surface area contributed by atoms with Crippen molar-refractivity contribution in [2.45, 2.75) is 31.8 Å². The average Bonchev–Trinajstić information content (AvgIpc) is 2.89. The van der Waals surface area contributed by atoms with Crippen molar-refractivity contribution >= 4 is 11.5 Å². The Balaban J connectivity index is 1.81. The van der Waals surface area contributed by atoms with E-state index in [1.807, 2.05) is 25.1 Å². The molecule has 2 atom stereocenters. The standard InChI is InChI=1S/C16H21NO3/c1-11-13(3-2-4-14(11)17)15(18)12-5-7-20-16(9-12)6-8-19-10-16/h2-4,12H,5-10,17H2,1H3. The number of benzene rings is 1. The van der Waals surface area contributed by atoms with Gasteiger partial charge in [-0.15, -0.1) is 0 Å². The molecular formula is C16H21NO3. The van der Waals surface area contributed by atoms with Gasteiger partial charge in [0.05, 0.1) is 12.2 Å². The quantitative estimate of drug-likeness (QED) is 0.665. The highest BCUT2D eigenvalue weighted by molar-refractivity contribution is 6.00. The molecule has 0 radical (unpaired) electrons. The summed E-state index contributed by atoms with van der Waals surface area (Å²) in [5.41, 5.74) is 8.00. The van der Waals surface area contributed by atoms with E-state index in [0.717, 1.165) is 37.0 Å². The molecule has 1 aromatic carbocycles. The maximum atomic E-state index is 12.8. The number of ether oxygens (including phenoxy) is 2. The van der Waals surface area contributed by atoms with Crippen LogP contribution in [0, 0.1) is 12.8 Å². The summed E-state index contributed by atoms with van der Waals surface area (Å²) in [6.45, 7) is 3.91. The van der Waals surface area contributed by atoms with Crippen LogP contribution in [0.4, 0.5) is 5.69 Å². The highest BCUT2D eigenvalue weighted by Gasteiger charge is 2.43. The second-order valence-electron chi connectivity index (χ2n) is 5.91. The first-order valence-electron chi connectivity index (χ1n) is 7.22. The van der Waals surface area contributed by atoms with Crippen LogP contribution in [0.2, 0.25) is 0 Å².